The van der Waals surface area contributed by atoms with Gasteiger partial charge >= 0.3 is 5.16 Å². The molecule has 0 aliphatic rings. The highest BCUT2D eigenvalue weighted by atomic mass is 32.2. The van der Waals surface area contributed by atoms with E-state index in [0.717, 1.165) is 28.1 Å². The predicted molar refractivity (Wildman–Crippen MR) is 84.3 cm³/mol. The average molecular weight is 316 g/mol. The molecule has 6 nitrogen and oxygen atoms in total. The number of fused-ring (bicyclic) bond motifs is 1. The molecule has 0 radical (unpaired) electrons. The Hall–Kier alpha value is -2.12. The largest absolute Gasteiger partial charge is 0.609 e. The van der Waals surface area contributed by atoms with Gasteiger partial charge in [0.15, 0.2) is 5.75 Å². The molecule has 0 aliphatic carbocycles. The summed E-state index contributed by atoms with van der Waals surface area (Å²) in [6.07, 6.45) is 5.05. The summed E-state index contributed by atoms with van der Waals surface area (Å²) >= 11 is -1.31. The molecule has 7 heteroatoms. The maximum absolute atomic E-state index is 12.5. The van der Waals surface area contributed by atoms with E-state index in [1.807, 2.05) is 13.8 Å². The molecule has 3 heterocycles. The molecule has 0 aromatic carbocycles. The summed E-state index contributed by atoms with van der Waals surface area (Å²) in [4.78, 5) is 15.8. The van der Waals surface area contributed by atoms with Crippen molar-refractivity contribution in [3.63, 3.8) is 0 Å². The average Bonchev–Trinajstić information content (AvgIpc) is 2.95. The van der Waals surface area contributed by atoms with E-state index in [1.54, 1.807) is 31.8 Å². The van der Waals surface area contributed by atoms with Crippen LogP contribution < -0.4 is 4.74 Å². The second-order valence-electron chi connectivity index (χ2n) is 4.97. The van der Waals surface area contributed by atoms with Crippen LogP contribution in [-0.2, 0) is 16.9 Å². The van der Waals surface area contributed by atoms with Gasteiger partial charge in [0.2, 0.25) is 0 Å². The minimum absolute atomic E-state index is 0.287. The van der Waals surface area contributed by atoms with E-state index in [4.69, 9.17) is 4.74 Å². The number of rotatable bonds is 4. The van der Waals surface area contributed by atoms with Crippen molar-refractivity contribution in [1.29, 1.82) is 0 Å². The maximum Gasteiger partial charge on any atom is 0.322 e. The number of pyridine rings is 2. The van der Waals surface area contributed by atoms with Crippen molar-refractivity contribution in [2.75, 3.05) is 7.11 Å². The number of hydrogen-bond acceptors (Lipinski definition) is 5. The molecule has 0 saturated heterocycles. The van der Waals surface area contributed by atoms with Crippen LogP contribution in [0.2, 0.25) is 0 Å². The Morgan fingerprint density at radius 3 is 2.86 bits per heavy atom. The van der Waals surface area contributed by atoms with Gasteiger partial charge in [0, 0.05) is 34.7 Å². The maximum atomic E-state index is 12.5. The number of methoxy groups -OCH3 is 1. The molecule has 0 saturated carbocycles. The van der Waals surface area contributed by atoms with Crippen molar-refractivity contribution >= 4 is 22.2 Å². The van der Waals surface area contributed by atoms with Crippen LogP contribution >= 0.6 is 0 Å². The Balaban J connectivity index is 1.89. The first-order valence-electron chi connectivity index (χ1n) is 6.77. The quantitative estimate of drug-likeness (QED) is 0.746. The van der Waals surface area contributed by atoms with Gasteiger partial charge in [-0.2, -0.15) is 4.98 Å². The zero-order chi connectivity index (χ0) is 15.7. The van der Waals surface area contributed by atoms with Crippen LogP contribution in [0.1, 0.15) is 16.8 Å². The lowest BCUT2D eigenvalue weighted by Gasteiger charge is -2.13. The van der Waals surface area contributed by atoms with Crippen LogP contribution in [0.25, 0.3) is 11.0 Å². The Morgan fingerprint density at radius 2 is 2.14 bits per heavy atom. The zero-order valence-electron chi connectivity index (χ0n) is 12.6. The first-order valence-corrected chi connectivity index (χ1v) is 8.09. The predicted octanol–water partition coefficient (Wildman–Crippen LogP) is 2.29. The van der Waals surface area contributed by atoms with E-state index in [0.29, 0.717) is 10.7 Å². The van der Waals surface area contributed by atoms with E-state index in [2.05, 4.69) is 19.9 Å². The Kier molecular flexibility index (Phi) is 4.00. The molecule has 1 N–H and O–H groups in total. The van der Waals surface area contributed by atoms with Crippen LogP contribution in [-0.4, -0.2) is 31.6 Å². The number of aryl methyl sites for hydroxylation is 1. The molecule has 0 amide bonds. The van der Waals surface area contributed by atoms with Gasteiger partial charge in [0.25, 0.3) is 0 Å². The first-order chi connectivity index (χ1) is 10.6. The van der Waals surface area contributed by atoms with E-state index >= 15 is 0 Å². The Morgan fingerprint density at radius 1 is 1.32 bits per heavy atom. The van der Waals surface area contributed by atoms with Gasteiger partial charge in [-0.1, -0.05) is 0 Å². The van der Waals surface area contributed by atoms with E-state index in [-0.39, 0.29) is 5.75 Å². The molecule has 0 aliphatic heterocycles. The zero-order valence-corrected chi connectivity index (χ0v) is 13.4. The third kappa shape index (κ3) is 2.65. The molecule has 0 spiro atoms. The van der Waals surface area contributed by atoms with Crippen molar-refractivity contribution in [1.82, 2.24) is 19.9 Å². The number of nitrogens with one attached hydrogen (secondary N) is 1. The number of hydrogen-bond donors (Lipinski definition) is 1. The molecule has 0 fully saturated rings. The number of H-pyrrole nitrogens is 1. The Labute approximate surface area is 131 Å². The summed E-state index contributed by atoms with van der Waals surface area (Å²) in [7, 11) is 1.63. The van der Waals surface area contributed by atoms with Gasteiger partial charge in [-0.25, -0.2) is 0 Å². The number of aromatic amines is 1. The van der Waals surface area contributed by atoms with E-state index < -0.39 is 11.2 Å². The molecule has 3 aromatic heterocycles. The highest BCUT2D eigenvalue weighted by Gasteiger charge is 2.21. The SMILES string of the molecule is COc1c(C)cnc(C[S+]([O-])c2nc3cnccc3[nH]2)c1C. The lowest BCUT2D eigenvalue weighted by Crippen LogP contribution is -2.10. The van der Waals surface area contributed by atoms with Gasteiger partial charge in [-0.05, 0) is 19.9 Å². The third-order valence-corrected chi connectivity index (χ3v) is 4.66. The smallest absolute Gasteiger partial charge is 0.322 e. The van der Waals surface area contributed by atoms with Gasteiger partial charge < -0.3 is 9.29 Å². The Bertz CT molecular complexity index is 785. The number of nitrogens with zero attached hydrogens (tertiary/aromatic N) is 3. The van der Waals surface area contributed by atoms with Crippen LogP contribution in [0.15, 0.2) is 29.8 Å². The molecule has 114 valence electrons. The van der Waals surface area contributed by atoms with Crippen LogP contribution in [0.3, 0.4) is 0 Å². The van der Waals surface area contributed by atoms with Crippen molar-refractivity contribution in [2.45, 2.75) is 24.8 Å². The second-order valence-corrected chi connectivity index (χ2v) is 6.34. The highest BCUT2D eigenvalue weighted by Crippen LogP contribution is 2.26. The fourth-order valence-electron chi connectivity index (χ4n) is 2.35. The summed E-state index contributed by atoms with van der Waals surface area (Å²) in [5.74, 6) is 1.08. The lowest BCUT2D eigenvalue weighted by molar-refractivity contribution is 0.407. The summed E-state index contributed by atoms with van der Waals surface area (Å²) in [5, 5.41) is 0.434. The minimum Gasteiger partial charge on any atom is -0.609 e. The van der Waals surface area contributed by atoms with E-state index in [1.165, 1.54) is 0 Å². The first kappa shape index (κ1) is 14.8. The molecule has 0 bridgehead atoms. The monoisotopic (exact) mass is 316 g/mol. The molecule has 1 unspecified atom stereocenters. The normalized spacial score (nSPS) is 12.5. The summed E-state index contributed by atoms with van der Waals surface area (Å²) in [5.41, 5.74) is 4.15. The standard InChI is InChI=1S/C15H16N4O2S/c1-9-6-17-13(10(2)14(9)21-3)8-22(20)15-18-11-4-5-16-7-12(11)19-15/h4-7H,8H2,1-3H3,(H,18,19). The van der Waals surface area contributed by atoms with Crippen LogP contribution in [0.5, 0.6) is 5.75 Å². The van der Waals surface area contributed by atoms with Crippen LogP contribution in [0.4, 0.5) is 0 Å². The van der Waals surface area contributed by atoms with Gasteiger partial charge in [0.1, 0.15) is 11.3 Å². The van der Waals surface area contributed by atoms with Crippen molar-refractivity contribution in [3.05, 3.63) is 41.5 Å². The van der Waals surface area contributed by atoms with Gasteiger partial charge in [-0.15, -0.1) is 0 Å². The van der Waals surface area contributed by atoms with Crippen LogP contribution in [0, 0.1) is 13.8 Å². The molecule has 3 rings (SSSR count). The minimum atomic E-state index is -1.31. The highest BCUT2D eigenvalue weighted by molar-refractivity contribution is 7.90. The molecular formula is C15H16N4O2S. The molecule has 22 heavy (non-hydrogen) atoms. The number of aromatic nitrogens is 4. The van der Waals surface area contributed by atoms with Crippen molar-refractivity contribution in [2.24, 2.45) is 0 Å². The summed E-state index contributed by atoms with van der Waals surface area (Å²) < 4.78 is 17.9. The third-order valence-electron chi connectivity index (χ3n) is 3.50. The number of ether oxygens (including phenoxy) is 1. The number of imidazole rings is 1. The second kappa shape index (κ2) is 5.94. The summed E-state index contributed by atoms with van der Waals surface area (Å²) in [6.45, 7) is 3.86. The fraction of sp³-hybridized carbons (Fsp3) is 0.267. The molecule has 1 atom stereocenters. The van der Waals surface area contributed by atoms with Gasteiger partial charge in [-0.3, -0.25) is 15.0 Å². The fourth-order valence-corrected chi connectivity index (χ4v) is 3.45. The molecule has 3 aromatic rings. The summed E-state index contributed by atoms with van der Waals surface area (Å²) in [6, 6.07) is 1.81. The molecular weight excluding hydrogens is 300 g/mol. The lowest BCUT2D eigenvalue weighted by atomic mass is 10.1. The van der Waals surface area contributed by atoms with Crippen molar-refractivity contribution < 1.29 is 9.29 Å². The van der Waals surface area contributed by atoms with E-state index in [9.17, 15) is 4.55 Å². The van der Waals surface area contributed by atoms with Crippen molar-refractivity contribution in [3.8, 4) is 5.75 Å². The topological polar surface area (TPSA) is 86.8 Å². The van der Waals surface area contributed by atoms with Gasteiger partial charge in [0.05, 0.1) is 24.5 Å².